The first kappa shape index (κ1) is 13.6. The van der Waals surface area contributed by atoms with E-state index >= 15 is 0 Å². The van der Waals surface area contributed by atoms with Gasteiger partial charge in [-0.25, -0.2) is 0 Å². The minimum Gasteiger partial charge on any atom is -0.493 e. The lowest BCUT2D eigenvalue weighted by Crippen LogP contribution is -2.25. The number of benzene rings is 1. The summed E-state index contributed by atoms with van der Waals surface area (Å²) in [6.45, 7) is 3.76. The highest BCUT2D eigenvalue weighted by molar-refractivity contribution is 9.10. The molecule has 0 amide bonds. The summed E-state index contributed by atoms with van der Waals surface area (Å²) in [7, 11) is 0. The summed E-state index contributed by atoms with van der Waals surface area (Å²) >= 11 is 3.40. The molecule has 1 fully saturated rings. The van der Waals surface area contributed by atoms with Crippen molar-refractivity contribution in [2.24, 2.45) is 5.92 Å². The molecule has 0 bridgehead atoms. The normalized spacial score (nSPS) is 19.6. The number of Topliss-reactive ketones (excluding diaryl/α,β-unsaturated/α-hetero) is 1. The van der Waals surface area contributed by atoms with E-state index in [2.05, 4.69) is 15.9 Å². The van der Waals surface area contributed by atoms with E-state index in [0.29, 0.717) is 24.5 Å². The van der Waals surface area contributed by atoms with E-state index in [1.54, 1.807) is 0 Å². The molecule has 98 valence electrons. The van der Waals surface area contributed by atoms with Gasteiger partial charge >= 0.3 is 0 Å². The van der Waals surface area contributed by atoms with E-state index in [0.717, 1.165) is 23.9 Å². The molecule has 1 aromatic carbocycles. The molecule has 1 atom stereocenters. The maximum atomic E-state index is 12.5. The van der Waals surface area contributed by atoms with Gasteiger partial charge in [0, 0.05) is 17.0 Å². The van der Waals surface area contributed by atoms with Crippen LogP contribution in [0, 0.1) is 5.92 Å². The Bertz CT molecular complexity index is 425. The van der Waals surface area contributed by atoms with Crippen molar-refractivity contribution in [3.8, 4) is 5.75 Å². The largest absolute Gasteiger partial charge is 0.493 e. The summed E-state index contributed by atoms with van der Waals surface area (Å²) in [5, 5.41) is 0. The van der Waals surface area contributed by atoms with Crippen LogP contribution < -0.4 is 4.74 Å². The molecule has 0 spiro atoms. The average Bonchev–Trinajstić information content (AvgIpc) is 2.41. The first-order valence-corrected chi connectivity index (χ1v) is 7.06. The fraction of sp³-hybridized carbons (Fsp3) is 0.500. The summed E-state index contributed by atoms with van der Waals surface area (Å²) in [5.41, 5.74) is 0.654. The van der Waals surface area contributed by atoms with Crippen molar-refractivity contribution in [3.63, 3.8) is 0 Å². The Morgan fingerprint density at radius 3 is 3.06 bits per heavy atom. The third-order valence-electron chi connectivity index (χ3n) is 3.04. The van der Waals surface area contributed by atoms with Crippen molar-refractivity contribution in [2.75, 3.05) is 19.8 Å². The number of rotatable bonds is 4. The summed E-state index contributed by atoms with van der Waals surface area (Å²) in [4.78, 5) is 12.5. The predicted molar refractivity (Wildman–Crippen MR) is 73.2 cm³/mol. The van der Waals surface area contributed by atoms with E-state index in [1.807, 2.05) is 25.1 Å². The van der Waals surface area contributed by atoms with Crippen molar-refractivity contribution in [3.05, 3.63) is 28.2 Å². The first-order chi connectivity index (χ1) is 8.72. The molecule has 1 aromatic rings. The van der Waals surface area contributed by atoms with Crippen LogP contribution in [0.25, 0.3) is 0 Å². The highest BCUT2D eigenvalue weighted by atomic mass is 79.9. The Labute approximate surface area is 116 Å². The summed E-state index contributed by atoms with van der Waals surface area (Å²) < 4.78 is 11.8. The molecule has 0 N–H and O–H groups in total. The van der Waals surface area contributed by atoms with E-state index in [-0.39, 0.29) is 11.7 Å². The number of carbonyl (C=O) groups excluding carboxylic acids is 1. The van der Waals surface area contributed by atoms with Crippen LogP contribution in [0.2, 0.25) is 0 Å². The topological polar surface area (TPSA) is 35.5 Å². The van der Waals surface area contributed by atoms with Gasteiger partial charge < -0.3 is 9.47 Å². The van der Waals surface area contributed by atoms with E-state index in [9.17, 15) is 4.79 Å². The lowest BCUT2D eigenvalue weighted by molar-refractivity contribution is 0.0459. The summed E-state index contributed by atoms with van der Waals surface area (Å²) in [5.74, 6) is 0.753. The minimum absolute atomic E-state index is 0.0349. The van der Waals surface area contributed by atoms with Gasteiger partial charge in [0.2, 0.25) is 0 Å². The van der Waals surface area contributed by atoms with Gasteiger partial charge in [-0.05, 0) is 38.0 Å². The number of hydrogen-bond acceptors (Lipinski definition) is 3. The lowest BCUT2D eigenvalue weighted by atomic mass is 9.92. The highest BCUT2D eigenvalue weighted by Gasteiger charge is 2.25. The first-order valence-electron chi connectivity index (χ1n) is 6.26. The van der Waals surface area contributed by atoms with Crippen molar-refractivity contribution in [1.29, 1.82) is 0 Å². The Kier molecular flexibility index (Phi) is 4.78. The van der Waals surface area contributed by atoms with Crippen molar-refractivity contribution in [1.82, 2.24) is 0 Å². The third-order valence-corrected chi connectivity index (χ3v) is 3.53. The second-order valence-electron chi connectivity index (χ2n) is 4.35. The predicted octanol–water partition coefficient (Wildman–Crippen LogP) is 3.46. The molecule has 0 aromatic heterocycles. The Balaban J connectivity index is 2.24. The van der Waals surface area contributed by atoms with Gasteiger partial charge in [-0.1, -0.05) is 15.9 Å². The molecule has 4 heteroatoms. The number of carbonyl (C=O) groups is 1. The van der Waals surface area contributed by atoms with Crippen LogP contribution in [0.3, 0.4) is 0 Å². The Morgan fingerprint density at radius 2 is 2.39 bits per heavy atom. The molecule has 18 heavy (non-hydrogen) atoms. The molecule has 0 radical (unpaired) electrons. The smallest absolute Gasteiger partial charge is 0.172 e. The molecule has 3 nitrogen and oxygen atoms in total. The van der Waals surface area contributed by atoms with E-state index in [1.165, 1.54) is 0 Å². The van der Waals surface area contributed by atoms with Crippen LogP contribution in [-0.2, 0) is 4.74 Å². The zero-order chi connectivity index (χ0) is 13.0. The fourth-order valence-corrected chi connectivity index (χ4v) is 2.50. The third kappa shape index (κ3) is 3.12. The minimum atomic E-state index is -0.0349. The quantitative estimate of drug-likeness (QED) is 0.799. The zero-order valence-corrected chi connectivity index (χ0v) is 12.0. The van der Waals surface area contributed by atoms with Gasteiger partial charge in [0.15, 0.2) is 5.78 Å². The Morgan fingerprint density at radius 1 is 1.56 bits per heavy atom. The number of ether oxygens (including phenoxy) is 2. The van der Waals surface area contributed by atoms with Crippen LogP contribution in [0.4, 0.5) is 0 Å². The van der Waals surface area contributed by atoms with Crippen LogP contribution in [-0.4, -0.2) is 25.6 Å². The second-order valence-corrected chi connectivity index (χ2v) is 5.27. The van der Waals surface area contributed by atoms with Gasteiger partial charge in [0.05, 0.1) is 18.8 Å². The molecular formula is C14H17BrO3. The highest BCUT2D eigenvalue weighted by Crippen LogP contribution is 2.28. The standard InChI is InChI=1S/C14H17BrO3/c1-2-18-13-6-5-11(15)8-12(13)14(16)10-4-3-7-17-9-10/h5-6,8,10H,2-4,7,9H2,1H3. The van der Waals surface area contributed by atoms with Crippen LogP contribution >= 0.6 is 15.9 Å². The molecular weight excluding hydrogens is 296 g/mol. The Hall–Kier alpha value is -0.870. The molecule has 2 rings (SSSR count). The van der Waals surface area contributed by atoms with E-state index in [4.69, 9.17) is 9.47 Å². The van der Waals surface area contributed by atoms with Gasteiger partial charge in [0.1, 0.15) is 5.75 Å². The lowest BCUT2D eigenvalue weighted by Gasteiger charge is -2.22. The maximum Gasteiger partial charge on any atom is 0.172 e. The van der Waals surface area contributed by atoms with Crippen molar-refractivity contribution < 1.29 is 14.3 Å². The van der Waals surface area contributed by atoms with E-state index < -0.39 is 0 Å². The maximum absolute atomic E-state index is 12.5. The number of hydrogen-bond donors (Lipinski definition) is 0. The molecule has 0 saturated carbocycles. The molecule has 1 saturated heterocycles. The van der Waals surface area contributed by atoms with Crippen molar-refractivity contribution in [2.45, 2.75) is 19.8 Å². The van der Waals surface area contributed by atoms with Crippen LogP contribution in [0.5, 0.6) is 5.75 Å². The molecule has 1 heterocycles. The second kappa shape index (κ2) is 6.34. The summed E-state index contributed by atoms with van der Waals surface area (Å²) in [6, 6.07) is 5.56. The van der Waals surface area contributed by atoms with Crippen LogP contribution in [0.1, 0.15) is 30.1 Å². The fourth-order valence-electron chi connectivity index (χ4n) is 2.14. The SMILES string of the molecule is CCOc1ccc(Br)cc1C(=O)C1CCCOC1. The zero-order valence-electron chi connectivity index (χ0n) is 10.4. The van der Waals surface area contributed by atoms with Gasteiger partial charge in [0.25, 0.3) is 0 Å². The van der Waals surface area contributed by atoms with Gasteiger partial charge in [-0.3, -0.25) is 4.79 Å². The summed E-state index contributed by atoms with van der Waals surface area (Å²) in [6.07, 6.45) is 1.85. The average molecular weight is 313 g/mol. The molecule has 1 aliphatic heterocycles. The number of halogens is 1. The molecule has 0 aliphatic carbocycles. The number of ketones is 1. The van der Waals surface area contributed by atoms with Crippen molar-refractivity contribution >= 4 is 21.7 Å². The molecule has 1 unspecified atom stereocenters. The van der Waals surface area contributed by atoms with Crippen LogP contribution in [0.15, 0.2) is 22.7 Å². The van der Waals surface area contributed by atoms with Gasteiger partial charge in [-0.2, -0.15) is 0 Å². The van der Waals surface area contributed by atoms with Gasteiger partial charge in [-0.15, -0.1) is 0 Å². The monoisotopic (exact) mass is 312 g/mol. The molecule has 1 aliphatic rings.